The lowest BCUT2D eigenvalue weighted by molar-refractivity contribution is -0.385. The fourth-order valence-corrected chi connectivity index (χ4v) is 3.43. The van der Waals surface area contributed by atoms with Crippen LogP contribution >= 0.6 is 23.2 Å². The van der Waals surface area contributed by atoms with E-state index in [-0.39, 0.29) is 39.9 Å². The van der Waals surface area contributed by atoms with E-state index in [0.717, 1.165) is 5.01 Å². The minimum atomic E-state index is -0.894. The van der Waals surface area contributed by atoms with E-state index in [1.165, 1.54) is 36.4 Å². The molecular weight excluding hydrogens is 491 g/mol. The highest BCUT2D eigenvalue weighted by atomic mass is 35.5. The molecular formula is C21H18Cl2N4O7. The van der Waals surface area contributed by atoms with Crippen LogP contribution in [0.4, 0.5) is 11.4 Å². The summed E-state index contributed by atoms with van der Waals surface area (Å²) in [5.41, 5.74) is 3.00. The summed E-state index contributed by atoms with van der Waals surface area (Å²) in [6.07, 6.45) is -0.216. The first kappa shape index (κ1) is 24.9. The van der Waals surface area contributed by atoms with Crippen molar-refractivity contribution in [2.75, 3.05) is 18.5 Å². The summed E-state index contributed by atoms with van der Waals surface area (Å²) in [7, 11) is 0. The Balaban J connectivity index is 1.51. The molecule has 0 spiro atoms. The van der Waals surface area contributed by atoms with Crippen LogP contribution < -0.4 is 10.7 Å². The number of carbonyl (C=O) groups excluding carboxylic acids is 4. The summed E-state index contributed by atoms with van der Waals surface area (Å²) in [6, 6.07) is 8.35. The standard InChI is InChI=1S/C21H18Cl2N4O7/c1-11-2-4-14(8-17(11)27(32)33)24-18(28)10-34-21(31)13-7-19(29)26(9-13)25-20(30)12-3-5-15(22)16(23)6-12/h2-6,8,13H,7,9-10H2,1H3,(H,24,28)(H,25,30)/t13-/m1/s1. The fraction of sp³-hybridized carbons (Fsp3) is 0.238. The van der Waals surface area contributed by atoms with Crippen LogP contribution in [0.3, 0.4) is 0 Å². The van der Waals surface area contributed by atoms with E-state index in [9.17, 15) is 29.3 Å². The third-order valence-corrected chi connectivity index (χ3v) is 5.65. The minimum absolute atomic E-state index is 0.142. The minimum Gasteiger partial charge on any atom is -0.455 e. The van der Waals surface area contributed by atoms with Gasteiger partial charge in [-0.3, -0.25) is 39.7 Å². The van der Waals surface area contributed by atoms with Crippen molar-refractivity contribution < 1.29 is 28.8 Å². The van der Waals surface area contributed by atoms with Gasteiger partial charge in [-0.05, 0) is 31.2 Å². The number of halogens is 2. The van der Waals surface area contributed by atoms with Crippen molar-refractivity contribution in [1.29, 1.82) is 0 Å². The molecule has 2 aromatic carbocycles. The second-order valence-corrected chi connectivity index (χ2v) is 8.20. The number of carbonyl (C=O) groups is 4. The molecule has 1 atom stereocenters. The highest BCUT2D eigenvalue weighted by Crippen LogP contribution is 2.24. The number of nitro groups is 1. The number of ether oxygens (including phenoxy) is 1. The zero-order valence-corrected chi connectivity index (χ0v) is 19.2. The molecule has 0 saturated carbocycles. The first-order valence-electron chi connectivity index (χ1n) is 9.83. The zero-order chi connectivity index (χ0) is 25.0. The van der Waals surface area contributed by atoms with E-state index in [2.05, 4.69) is 10.7 Å². The van der Waals surface area contributed by atoms with Gasteiger partial charge in [0.1, 0.15) is 0 Å². The number of nitrogens with one attached hydrogen (secondary N) is 2. The van der Waals surface area contributed by atoms with E-state index >= 15 is 0 Å². The maximum atomic E-state index is 12.3. The number of hydrogen-bond donors (Lipinski definition) is 2. The van der Waals surface area contributed by atoms with Gasteiger partial charge in [0.05, 0.1) is 27.4 Å². The highest BCUT2D eigenvalue weighted by molar-refractivity contribution is 6.42. The number of benzene rings is 2. The molecule has 11 nitrogen and oxygen atoms in total. The average molecular weight is 509 g/mol. The molecule has 0 unspecified atom stereocenters. The molecule has 1 saturated heterocycles. The van der Waals surface area contributed by atoms with Gasteiger partial charge >= 0.3 is 5.97 Å². The monoisotopic (exact) mass is 508 g/mol. The van der Waals surface area contributed by atoms with Crippen LogP contribution in [0.25, 0.3) is 0 Å². The molecule has 3 rings (SSSR count). The Morgan fingerprint density at radius 3 is 2.59 bits per heavy atom. The molecule has 0 bridgehead atoms. The molecule has 1 fully saturated rings. The summed E-state index contributed by atoms with van der Waals surface area (Å²) < 4.78 is 4.97. The lowest BCUT2D eigenvalue weighted by Crippen LogP contribution is -2.43. The molecule has 0 aliphatic carbocycles. The Labute approximate surface area is 203 Å². The summed E-state index contributed by atoms with van der Waals surface area (Å²) >= 11 is 11.7. The first-order valence-corrected chi connectivity index (χ1v) is 10.6. The summed E-state index contributed by atoms with van der Waals surface area (Å²) in [5.74, 6) is -3.53. The number of hydrazine groups is 1. The van der Waals surface area contributed by atoms with Crippen LogP contribution in [-0.2, 0) is 19.1 Å². The van der Waals surface area contributed by atoms with Gasteiger partial charge in [-0.25, -0.2) is 0 Å². The van der Waals surface area contributed by atoms with Gasteiger partial charge in [0.15, 0.2) is 6.61 Å². The van der Waals surface area contributed by atoms with Crippen molar-refractivity contribution in [1.82, 2.24) is 10.4 Å². The average Bonchev–Trinajstić information content (AvgIpc) is 3.15. The zero-order valence-electron chi connectivity index (χ0n) is 17.7. The number of rotatable bonds is 7. The molecule has 34 heavy (non-hydrogen) atoms. The Morgan fingerprint density at radius 1 is 1.18 bits per heavy atom. The molecule has 2 aromatic rings. The Hall–Kier alpha value is -3.70. The van der Waals surface area contributed by atoms with E-state index < -0.39 is 41.1 Å². The van der Waals surface area contributed by atoms with Crippen molar-refractivity contribution in [3.8, 4) is 0 Å². The van der Waals surface area contributed by atoms with Crippen LogP contribution in [0.2, 0.25) is 10.0 Å². The van der Waals surface area contributed by atoms with Gasteiger partial charge < -0.3 is 10.1 Å². The van der Waals surface area contributed by atoms with Crippen LogP contribution in [0.1, 0.15) is 22.3 Å². The van der Waals surface area contributed by atoms with E-state index in [0.29, 0.717) is 5.56 Å². The number of esters is 1. The number of hydrogen-bond acceptors (Lipinski definition) is 7. The molecule has 0 aromatic heterocycles. The fourth-order valence-electron chi connectivity index (χ4n) is 3.13. The van der Waals surface area contributed by atoms with Gasteiger partial charge in [-0.1, -0.05) is 29.3 Å². The normalized spacial score (nSPS) is 15.1. The summed E-state index contributed by atoms with van der Waals surface area (Å²) in [4.78, 5) is 59.3. The molecule has 1 aliphatic rings. The molecule has 2 N–H and O–H groups in total. The third-order valence-electron chi connectivity index (χ3n) is 4.91. The number of anilines is 1. The van der Waals surface area contributed by atoms with Gasteiger partial charge in [0.25, 0.3) is 17.5 Å². The lowest BCUT2D eigenvalue weighted by atomic mass is 10.1. The number of nitro benzene ring substituents is 1. The maximum Gasteiger partial charge on any atom is 0.311 e. The maximum absolute atomic E-state index is 12.3. The van der Waals surface area contributed by atoms with Gasteiger partial charge in [0.2, 0.25) is 5.91 Å². The van der Waals surface area contributed by atoms with Crippen molar-refractivity contribution in [2.24, 2.45) is 5.92 Å². The molecule has 1 aliphatic heterocycles. The lowest BCUT2D eigenvalue weighted by Gasteiger charge is -2.17. The van der Waals surface area contributed by atoms with Crippen LogP contribution in [0.15, 0.2) is 36.4 Å². The van der Waals surface area contributed by atoms with E-state index in [1.807, 2.05) is 0 Å². The Kier molecular flexibility index (Phi) is 7.69. The third kappa shape index (κ3) is 6.00. The van der Waals surface area contributed by atoms with Crippen LogP contribution in [0, 0.1) is 23.0 Å². The summed E-state index contributed by atoms with van der Waals surface area (Å²) in [5, 5.41) is 14.8. The van der Waals surface area contributed by atoms with Gasteiger partial charge in [0, 0.05) is 29.3 Å². The second kappa shape index (κ2) is 10.5. The SMILES string of the molecule is Cc1ccc(NC(=O)COC(=O)[C@@H]2CC(=O)N(NC(=O)c3ccc(Cl)c(Cl)c3)C2)cc1[N+](=O)[O-]. The van der Waals surface area contributed by atoms with Crippen molar-refractivity contribution in [3.63, 3.8) is 0 Å². The smallest absolute Gasteiger partial charge is 0.311 e. The van der Waals surface area contributed by atoms with E-state index in [4.69, 9.17) is 27.9 Å². The topological polar surface area (TPSA) is 148 Å². The summed E-state index contributed by atoms with van der Waals surface area (Å²) in [6.45, 7) is 0.766. The highest BCUT2D eigenvalue weighted by Gasteiger charge is 2.36. The van der Waals surface area contributed by atoms with Crippen molar-refractivity contribution in [3.05, 3.63) is 67.7 Å². The number of nitrogens with zero attached hydrogens (tertiary/aromatic N) is 2. The second-order valence-electron chi connectivity index (χ2n) is 7.39. The number of amides is 3. The Morgan fingerprint density at radius 2 is 1.91 bits per heavy atom. The first-order chi connectivity index (χ1) is 16.0. The quantitative estimate of drug-likeness (QED) is 0.331. The van der Waals surface area contributed by atoms with Crippen LogP contribution in [0.5, 0.6) is 0 Å². The van der Waals surface area contributed by atoms with Crippen molar-refractivity contribution in [2.45, 2.75) is 13.3 Å². The van der Waals surface area contributed by atoms with Crippen LogP contribution in [-0.4, -0.2) is 46.8 Å². The van der Waals surface area contributed by atoms with Crippen molar-refractivity contribution >= 4 is 58.3 Å². The molecule has 3 amide bonds. The number of aryl methyl sites for hydroxylation is 1. The molecule has 0 radical (unpaired) electrons. The van der Waals surface area contributed by atoms with Gasteiger partial charge in [-0.15, -0.1) is 0 Å². The largest absolute Gasteiger partial charge is 0.455 e. The Bertz CT molecular complexity index is 1190. The predicted molar refractivity (Wildman–Crippen MR) is 121 cm³/mol. The molecule has 178 valence electrons. The predicted octanol–water partition coefficient (Wildman–Crippen LogP) is 2.89. The molecule has 13 heteroatoms. The van der Waals surface area contributed by atoms with Gasteiger partial charge in [-0.2, -0.15) is 0 Å². The molecule has 1 heterocycles. The van der Waals surface area contributed by atoms with E-state index in [1.54, 1.807) is 6.92 Å².